The van der Waals surface area contributed by atoms with Crippen molar-refractivity contribution < 1.29 is 9.53 Å². The minimum atomic E-state index is -0.119. The third kappa shape index (κ3) is 2.69. The molecule has 0 radical (unpaired) electrons. The number of carbonyl (C=O) groups is 1. The van der Waals surface area contributed by atoms with Gasteiger partial charge in [-0.1, -0.05) is 0 Å². The number of nitrogens with zero attached hydrogens (tertiary/aromatic N) is 1. The van der Waals surface area contributed by atoms with Crippen LogP contribution in [0.25, 0.3) is 0 Å². The van der Waals surface area contributed by atoms with E-state index in [0.29, 0.717) is 12.5 Å². The van der Waals surface area contributed by atoms with Crippen LogP contribution in [0.3, 0.4) is 0 Å². The molecule has 4 nitrogen and oxygen atoms in total. The Labute approximate surface area is 91.0 Å². The van der Waals surface area contributed by atoms with Gasteiger partial charge in [0.25, 0.3) is 0 Å². The average Bonchev–Trinajstić information content (AvgIpc) is 2.64. The molecule has 0 aromatic carbocycles. The molecule has 1 N–H and O–H groups in total. The molecule has 2 aliphatic rings. The minimum absolute atomic E-state index is 0.119. The zero-order valence-electron chi connectivity index (χ0n) is 9.37. The van der Waals surface area contributed by atoms with Crippen molar-refractivity contribution in [2.75, 3.05) is 33.3 Å². The lowest BCUT2D eigenvalue weighted by molar-refractivity contribution is -0.140. The molecule has 0 saturated carbocycles. The molecule has 4 heteroatoms. The first-order valence-corrected chi connectivity index (χ1v) is 5.82. The van der Waals surface area contributed by atoms with Gasteiger partial charge in [-0.05, 0) is 31.8 Å². The van der Waals surface area contributed by atoms with E-state index in [9.17, 15) is 4.79 Å². The predicted molar refractivity (Wildman–Crippen MR) is 57.6 cm³/mol. The van der Waals surface area contributed by atoms with Crippen molar-refractivity contribution in [3.63, 3.8) is 0 Å². The summed E-state index contributed by atoms with van der Waals surface area (Å²) in [5, 5.41) is 3.49. The van der Waals surface area contributed by atoms with E-state index in [0.717, 1.165) is 12.5 Å². The molecule has 3 atom stereocenters. The van der Waals surface area contributed by atoms with E-state index in [4.69, 9.17) is 0 Å². The molecule has 86 valence electrons. The molecule has 0 aromatic heterocycles. The molecule has 0 spiro atoms. The number of fused-ring (bicyclic) bond motifs is 2. The van der Waals surface area contributed by atoms with Crippen molar-refractivity contribution in [2.45, 2.75) is 25.3 Å². The summed E-state index contributed by atoms with van der Waals surface area (Å²) in [5.74, 6) is 0.683. The maximum Gasteiger partial charge on any atom is 0.306 e. The highest BCUT2D eigenvalue weighted by Crippen LogP contribution is 2.26. The fourth-order valence-corrected chi connectivity index (χ4v) is 2.68. The number of esters is 1. The van der Waals surface area contributed by atoms with Crippen LogP contribution in [0.15, 0.2) is 0 Å². The zero-order chi connectivity index (χ0) is 10.7. The molecule has 2 bridgehead atoms. The number of hydrogen-bond acceptors (Lipinski definition) is 4. The lowest BCUT2D eigenvalue weighted by atomic mass is 9.94. The van der Waals surface area contributed by atoms with Crippen molar-refractivity contribution >= 4 is 5.97 Å². The largest absolute Gasteiger partial charge is 0.469 e. The lowest BCUT2D eigenvalue weighted by Gasteiger charge is -2.31. The van der Waals surface area contributed by atoms with E-state index in [1.807, 2.05) is 0 Å². The highest BCUT2D eigenvalue weighted by atomic mass is 16.5. The lowest BCUT2D eigenvalue weighted by Crippen LogP contribution is -2.44. The number of piperidine rings is 1. The number of methoxy groups -OCH3 is 1. The number of carbonyl (C=O) groups excluding carboxylic acids is 1. The van der Waals surface area contributed by atoms with Crippen molar-refractivity contribution in [3.8, 4) is 0 Å². The normalized spacial score (nSPS) is 34.1. The standard InChI is InChI=1S/C11H20N2O2/c1-15-11(14)2-5-12-10-4-7-13-6-3-9(10)8-13/h9-10,12H,2-8H2,1H3. The topological polar surface area (TPSA) is 41.6 Å². The summed E-state index contributed by atoms with van der Waals surface area (Å²) in [6.07, 6.45) is 3.03. The Bertz CT molecular complexity index is 233. The van der Waals surface area contributed by atoms with Gasteiger partial charge in [-0.3, -0.25) is 4.79 Å². The molecule has 0 aliphatic carbocycles. The summed E-state index contributed by atoms with van der Waals surface area (Å²) in [6, 6.07) is 0.619. The van der Waals surface area contributed by atoms with Crippen LogP contribution < -0.4 is 5.32 Å². The molecule has 2 rings (SSSR count). The SMILES string of the molecule is COC(=O)CCNC1CCN2CCC1C2. The van der Waals surface area contributed by atoms with E-state index in [1.165, 1.54) is 39.6 Å². The maximum absolute atomic E-state index is 10.9. The number of nitrogens with one attached hydrogen (secondary N) is 1. The summed E-state index contributed by atoms with van der Waals surface area (Å²) in [5.41, 5.74) is 0. The molecule has 0 aromatic rings. The van der Waals surface area contributed by atoms with Gasteiger partial charge in [0.2, 0.25) is 0 Å². The fourth-order valence-electron chi connectivity index (χ4n) is 2.68. The van der Waals surface area contributed by atoms with E-state index < -0.39 is 0 Å². The van der Waals surface area contributed by atoms with E-state index in [2.05, 4.69) is 15.0 Å². The Balaban J connectivity index is 1.68. The van der Waals surface area contributed by atoms with Crippen molar-refractivity contribution in [1.29, 1.82) is 0 Å². The van der Waals surface area contributed by atoms with Crippen LogP contribution in [0.1, 0.15) is 19.3 Å². The van der Waals surface area contributed by atoms with Crippen molar-refractivity contribution in [1.82, 2.24) is 10.2 Å². The van der Waals surface area contributed by atoms with E-state index >= 15 is 0 Å². The van der Waals surface area contributed by atoms with E-state index in [1.54, 1.807) is 0 Å². The number of rotatable bonds is 4. The van der Waals surface area contributed by atoms with Crippen molar-refractivity contribution in [3.05, 3.63) is 0 Å². The molecule has 2 aliphatic heterocycles. The Morgan fingerprint density at radius 1 is 1.47 bits per heavy atom. The molecule has 3 unspecified atom stereocenters. The Hall–Kier alpha value is -0.610. The van der Waals surface area contributed by atoms with Gasteiger partial charge >= 0.3 is 5.97 Å². The fraction of sp³-hybridized carbons (Fsp3) is 0.909. The first kappa shape index (κ1) is 10.9. The summed E-state index contributed by atoms with van der Waals surface area (Å²) in [7, 11) is 1.44. The maximum atomic E-state index is 10.9. The first-order chi connectivity index (χ1) is 7.29. The van der Waals surface area contributed by atoms with Crippen LogP contribution in [-0.2, 0) is 9.53 Å². The monoisotopic (exact) mass is 212 g/mol. The quantitative estimate of drug-likeness (QED) is 0.678. The Morgan fingerprint density at radius 2 is 2.27 bits per heavy atom. The average molecular weight is 212 g/mol. The van der Waals surface area contributed by atoms with Crippen LogP contribution in [-0.4, -0.2) is 50.2 Å². The Kier molecular flexibility index (Phi) is 3.59. The summed E-state index contributed by atoms with van der Waals surface area (Å²) >= 11 is 0. The second-order valence-electron chi connectivity index (χ2n) is 4.52. The van der Waals surface area contributed by atoms with Crippen LogP contribution in [0.2, 0.25) is 0 Å². The Morgan fingerprint density at radius 3 is 3.07 bits per heavy atom. The molecular formula is C11H20N2O2. The van der Waals surface area contributed by atoms with Crippen LogP contribution in [0.4, 0.5) is 0 Å². The summed E-state index contributed by atoms with van der Waals surface area (Å²) in [4.78, 5) is 13.5. The first-order valence-electron chi connectivity index (χ1n) is 5.82. The van der Waals surface area contributed by atoms with Gasteiger partial charge in [0.15, 0.2) is 0 Å². The van der Waals surface area contributed by atoms with Gasteiger partial charge in [0, 0.05) is 19.1 Å². The second-order valence-corrected chi connectivity index (χ2v) is 4.52. The van der Waals surface area contributed by atoms with Crippen LogP contribution in [0.5, 0.6) is 0 Å². The van der Waals surface area contributed by atoms with Gasteiger partial charge in [-0.2, -0.15) is 0 Å². The van der Waals surface area contributed by atoms with Gasteiger partial charge in [-0.25, -0.2) is 0 Å². The zero-order valence-corrected chi connectivity index (χ0v) is 9.37. The van der Waals surface area contributed by atoms with Gasteiger partial charge in [-0.15, -0.1) is 0 Å². The molecule has 0 amide bonds. The smallest absolute Gasteiger partial charge is 0.306 e. The van der Waals surface area contributed by atoms with Crippen molar-refractivity contribution in [2.24, 2.45) is 5.92 Å². The van der Waals surface area contributed by atoms with Gasteiger partial charge in [0.05, 0.1) is 13.5 Å². The molecule has 2 heterocycles. The minimum Gasteiger partial charge on any atom is -0.469 e. The van der Waals surface area contributed by atoms with Gasteiger partial charge in [0.1, 0.15) is 0 Å². The van der Waals surface area contributed by atoms with Crippen LogP contribution in [0, 0.1) is 5.92 Å². The summed E-state index contributed by atoms with van der Waals surface area (Å²) < 4.78 is 4.61. The molecule has 15 heavy (non-hydrogen) atoms. The third-order valence-corrected chi connectivity index (χ3v) is 3.60. The number of ether oxygens (including phenoxy) is 1. The van der Waals surface area contributed by atoms with Gasteiger partial charge < -0.3 is 15.0 Å². The molecule has 2 fully saturated rings. The van der Waals surface area contributed by atoms with E-state index in [-0.39, 0.29) is 5.97 Å². The number of hydrogen-bond donors (Lipinski definition) is 1. The molecule has 2 saturated heterocycles. The third-order valence-electron chi connectivity index (χ3n) is 3.60. The second kappa shape index (κ2) is 4.94. The molecular weight excluding hydrogens is 192 g/mol. The van der Waals surface area contributed by atoms with Crippen LogP contribution >= 0.6 is 0 Å². The predicted octanol–water partition coefficient (Wildman–Crippen LogP) is 0.233. The highest BCUT2D eigenvalue weighted by molar-refractivity contribution is 5.69. The summed E-state index contributed by atoms with van der Waals surface area (Å²) in [6.45, 7) is 4.48. The highest BCUT2D eigenvalue weighted by Gasteiger charge is 2.33.